The van der Waals surface area contributed by atoms with Gasteiger partial charge in [0, 0.05) is 25.1 Å². The number of halogens is 2. The van der Waals surface area contributed by atoms with E-state index in [1.807, 2.05) is 0 Å². The number of benzene rings is 1. The number of allylic oxidation sites excluding steroid dienone is 2. The maximum atomic E-state index is 14.4. The third-order valence-electron chi connectivity index (χ3n) is 5.54. The SMILES string of the molecule is N#CC1C(CC2(CO)CC=CCC2)NCC1c1cccc(Cl)c1F. The largest absolute Gasteiger partial charge is 0.396 e. The van der Waals surface area contributed by atoms with Gasteiger partial charge in [-0.3, -0.25) is 0 Å². The molecule has 3 nitrogen and oxygen atoms in total. The van der Waals surface area contributed by atoms with Crippen molar-refractivity contribution in [3.8, 4) is 6.07 Å². The van der Waals surface area contributed by atoms with Gasteiger partial charge in [0.25, 0.3) is 0 Å². The van der Waals surface area contributed by atoms with Crippen LogP contribution in [-0.4, -0.2) is 24.3 Å². The molecule has 24 heavy (non-hydrogen) atoms. The first-order valence-electron chi connectivity index (χ1n) is 8.43. The average molecular weight is 349 g/mol. The lowest BCUT2D eigenvalue weighted by Crippen LogP contribution is -2.37. The Kier molecular flexibility index (Phi) is 5.24. The average Bonchev–Trinajstić information content (AvgIpc) is 3.00. The van der Waals surface area contributed by atoms with Crippen molar-refractivity contribution in [2.24, 2.45) is 11.3 Å². The summed E-state index contributed by atoms with van der Waals surface area (Å²) in [7, 11) is 0. The Balaban J connectivity index is 1.81. The van der Waals surface area contributed by atoms with E-state index in [1.54, 1.807) is 12.1 Å². The highest BCUT2D eigenvalue weighted by Crippen LogP contribution is 2.42. The number of rotatable bonds is 4. The summed E-state index contributed by atoms with van der Waals surface area (Å²) in [5, 5.41) is 23.1. The Morgan fingerprint density at radius 1 is 1.42 bits per heavy atom. The minimum atomic E-state index is -0.427. The van der Waals surface area contributed by atoms with Crippen LogP contribution in [0.3, 0.4) is 0 Å². The number of nitrogens with one attached hydrogen (secondary N) is 1. The van der Waals surface area contributed by atoms with Crippen LogP contribution in [0.2, 0.25) is 5.02 Å². The lowest BCUT2D eigenvalue weighted by molar-refractivity contribution is 0.0903. The Morgan fingerprint density at radius 3 is 2.92 bits per heavy atom. The second kappa shape index (κ2) is 7.23. The minimum Gasteiger partial charge on any atom is -0.396 e. The van der Waals surface area contributed by atoms with E-state index >= 15 is 0 Å². The maximum Gasteiger partial charge on any atom is 0.145 e. The molecule has 0 bridgehead atoms. The van der Waals surface area contributed by atoms with Gasteiger partial charge in [-0.15, -0.1) is 0 Å². The van der Waals surface area contributed by atoms with Gasteiger partial charge in [-0.1, -0.05) is 35.9 Å². The molecule has 2 N–H and O–H groups in total. The number of nitrogens with zero attached hydrogens (tertiary/aromatic N) is 1. The van der Waals surface area contributed by atoms with Gasteiger partial charge >= 0.3 is 0 Å². The van der Waals surface area contributed by atoms with Crippen molar-refractivity contribution >= 4 is 11.6 Å². The molecular formula is C19H22ClFN2O. The number of aliphatic hydroxyl groups excluding tert-OH is 1. The molecule has 1 aromatic carbocycles. The Hall–Kier alpha value is -1.41. The lowest BCUT2D eigenvalue weighted by atomic mass is 9.71. The van der Waals surface area contributed by atoms with Gasteiger partial charge in [0.2, 0.25) is 0 Å². The second-order valence-electron chi connectivity index (χ2n) is 7.00. The lowest BCUT2D eigenvalue weighted by Gasteiger charge is -2.36. The van der Waals surface area contributed by atoms with Crippen LogP contribution in [0.4, 0.5) is 4.39 Å². The Labute approximate surface area is 147 Å². The molecule has 1 saturated heterocycles. The first kappa shape index (κ1) is 17.4. The van der Waals surface area contributed by atoms with Crippen LogP contribution in [0.15, 0.2) is 30.4 Å². The standard InChI is InChI=1S/C19H22ClFN2O/c20-16-6-4-5-13(18(16)21)15-11-23-17(14(15)10-22)9-19(12-24)7-2-1-3-8-19/h1-2,4-6,14-15,17,23-24H,3,7-9,11-12H2. The molecule has 1 aromatic rings. The van der Waals surface area contributed by atoms with Crippen molar-refractivity contribution < 1.29 is 9.50 Å². The highest BCUT2D eigenvalue weighted by atomic mass is 35.5. The third-order valence-corrected chi connectivity index (χ3v) is 5.84. The summed E-state index contributed by atoms with van der Waals surface area (Å²) >= 11 is 5.90. The zero-order valence-electron chi connectivity index (χ0n) is 13.5. The quantitative estimate of drug-likeness (QED) is 0.814. The molecule has 2 aliphatic rings. The minimum absolute atomic E-state index is 0.0444. The summed E-state index contributed by atoms with van der Waals surface area (Å²) in [5.74, 6) is -0.967. The molecule has 128 valence electrons. The molecule has 1 fully saturated rings. The van der Waals surface area contributed by atoms with Gasteiger partial charge in [0.1, 0.15) is 5.82 Å². The first-order valence-corrected chi connectivity index (χ1v) is 8.81. The molecule has 1 heterocycles. The van der Waals surface area contributed by atoms with Gasteiger partial charge in [0.15, 0.2) is 0 Å². The van der Waals surface area contributed by atoms with E-state index < -0.39 is 5.82 Å². The number of hydrogen-bond acceptors (Lipinski definition) is 3. The Morgan fingerprint density at radius 2 is 2.25 bits per heavy atom. The zero-order valence-corrected chi connectivity index (χ0v) is 14.3. The van der Waals surface area contributed by atoms with Crippen molar-refractivity contribution in [2.75, 3.05) is 13.2 Å². The highest BCUT2D eigenvalue weighted by molar-refractivity contribution is 6.30. The smallest absolute Gasteiger partial charge is 0.145 e. The van der Waals surface area contributed by atoms with E-state index in [-0.39, 0.29) is 34.9 Å². The topological polar surface area (TPSA) is 56.0 Å². The van der Waals surface area contributed by atoms with Gasteiger partial charge in [0.05, 0.1) is 17.0 Å². The Bertz CT molecular complexity index is 672. The third kappa shape index (κ3) is 3.21. The summed E-state index contributed by atoms with van der Waals surface area (Å²) in [4.78, 5) is 0. The monoisotopic (exact) mass is 348 g/mol. The van der Waals surface area contributed by atoms with Gasteiger partial charge in [-0.25, -0.2) is 4.39 Å². The van der Waals surface area contributed by atoms with Crippen LogP contribution >= 0.6 is 11.6 Å². The fourth-order valence-electron chi connectivity index (χ4n) is 4.10. The number of hydrogen-bond donors (Lipinski definition) is 2. The molecule has 0 radical (unpaired) electrons. The molecule has 1 aliphatic carbocycles. The summed E-state index contributed by atoms with van der Waals surface area (Å²) < 4.78 is 14.4. The van der Waals surface area contributed by atoms with E-state index in [0.717, 1.165) is 25.7 Å². The van der Waals surface area contributed by atoms with E-state index in [0.29, 0.717) is 12.1 Å². The van der Waals surface area contributed by atoms with E-state index in [1.165, 1.54) is 6.07 Å². The summed E-state index contributed by atoms with van der Waals surface area (Å²) in [6.07, 6.45) is 7.69. The molecule has 0 amide bonds. The molecule has 4 atom stereocenters. The van der Waals surface area contributed by atoms with Gasteiger partial charge in [-0.05, 0) is 42.7 Å². The van der Waals surface area contributed by atoms with Crippen molar-refractivity contribution in [3.05, 3.63) is 46.8 Å². The molecule has 4 unspecified atom stereocenters. The fraction of sp³-hybridized carbons (Fsp3) is 0.526. The molecule has 3 rings (SSSR count). The molecule has 5 heteroatoms. The van der Waals surface area contributed by atoms with Crippen molar-refractivity contribution in [3.63, 3.8) is 0 Å². The van der Waals surface area contributed by atoms with Gasteiger partial charge in [-0.2, -0.15) is 5.26 Å². The van der Waals surface area contributed by atoms with Gasteiger partial charge < -0.3 is 10.4 Å². The van der Waals surface area contributed by atoms with E-state index in [9.17, 15) is 14.8 Å². The second-order valence-corrected chi connectivity index (χ2v) is 7.40. The highest BCUT2D eigenvalue weighted by Gasteiger charge is 2.43. The molecule has 0 spiro atoms. The predicted octanol–water partition coefficient (Wildman–Crippen LogP) is 3.78. The van der Waals surface area contributed by atoms with Crippen LogP contribution < -0.4 is 5.32 Å². The van der Waals surface area contributed by atoms with E-state index in [4.69, 9.17) is 11.6 Å². The summed E-state index contributed by atoms with van der Waals surface area (Å²) in [6, 6.07) is 7.29. The van der Waals surface area contributed by atoms with Crippen LogP contribution in [-0.2, 0) is 0 Å². The van der Waals surface area contributed by atoms with Crippen LogP contribution in [0.1, 0.15) is 37.2 Å². The van der Waals surface area contributed by atoms with Crippen molar-refractivity contribution in [1.82, 2.24) is 5.32 Å². The summed E-state index contributed by atoms with van der Waals surface area (Å²) in [6.45, 7) is 0.668. The van der Waals surface area contributed by atoms with Crippen LogP contribution in [0.5, 0.6) is 0 Å². The van der Waals surface area contributed by atoms with Crippen molar-refractivity contribution in [1.29, 1.82) is 5.26 Å². The predicted molar refractivity (Wildman–Crippen MR) is 92.2 cm³/mol. The van der Waals surface area contributed by atoms with Crippen LogP contribution in [0, 0.1) is 28.5 Å². The fourth-order valence-corrected chi connectivity index (χ4v) is 4.29. The number of aliphatic hydroxyl groups is 1. The first-order chi connectivity index (χ1) is 11.6. The van der Waals surface area contributed by atoms with E-state index in [2.05, 4.69) is 23.5 Å². The zero-order chi connectivity index (χ0) is 17.2. The summed E-state index contributed by atoms with van der Waals surface area (Å²) in [5.41, 5.74) is 0.328. The maximum absolute atomic E-state index is 14.4. The number of nitriles is 1. The van der Waals surface area contributed by atoms with Crippen molar-refractivity contribution in [2.45, 2.75) is 37.6 Å². The molecule has 0 aromatic heterocycles. The van der Waals surface area contributed by atoms with Crippen LogP contribution in [0.25, 0.3) is 0 Å². The molecule has 1 aliphatic heterocycles. The molecule has 0 saturated carbocycles. The normalized spacial score (nSPS) is 32.7. The molecular weight excluding hydrogens is 327 g/mol.